The number of aliphatic carboxylic acids is 1. The molecule has 1 heterocycles. The van der Waals surface area contributed by atoms with Gasteiger partial charge in [-0.2, -0.15) is 0 Å². The number of benzene rings is 1. The molecule has 1 atom stereocenters. The van der Waals surface area contributed by atoms with E-state index < -0.39 is 5.97 Å². The minimum Gasteiger partial charge on any atom is -0.490 e. The largest absolute Gasteiger partial charge is 0.490 e. The molecule has 1 amide bonds. The van der Waals surface area contributed by atoms with E-state index in [0.29, 0.717) is 36.7 Å². The number of pyridine rings is 1. The van der Waals surface area contributed by atoms with Crippen LogP contribution in [0.2, 0.25) is 0 Å². The molecule has 0 aliphatic heterocycles. The van der Waals surface area contributed by atoms with Crippen LogP contribution in [-0.4, -0.2) is 46.1 Å². The van der Waals surface area contributed by atoms with Gasteiger partial charge in [0, 0.05) is 29.6 Å². The molecule has 1 aromatic heterocycles. The van der Waals surface area contributed by atoms with Gasteiger partial charge in [0.25, 0.3) is 5.91 Å². The van der Waals surface area contributed by atoms with Gasteiger partial charge in [0.05, 0.1) is 6.61 Å². The number of carboxylic acid groups (broad SMARTS) is 1. The van der Waals surface area contributed by atoms with Gasteiger partial charge in [-0.1, -0.05) is 13.0 Å². The van der Waals surface area contributed by atoms with E-state index in [1.165, 1.54) is 4.90 Å². The van der Waals surface area contributed by atoms with Gasteiger partial charge in [0.2, 0.25) is 0 Å². The van der Waals surface area contributed by atoms with Crippen LogP contribution in [0.3, 0.4) is 0 Å². The molecule has 7 nitrogen and oxygen atoms in total. The Morgan fingerprint density at radius 1 is 1.18 bits per heavy atom. The highest BCUT2D eigenvalue weighted by Crippen LogP contribution is 2.30. The normalized spacial score (nSPS) is 11.5. The van der Waals surface area contributed by atoms with Crippen LogP contribution in [0, 0.1) is 0 Å². The Bertz CT molecular complexity index is 795. The van der Waals surface area contributed by atoms with Crippen LogP contribution in [0.15, 0.2) is 42.7 Å². The van der Waals surface area contributed by atoms with Crippen LogP contribution in [0.4, 0.5) is 0 Å². The van der Waals surface area contributed by atoms with Crippen LogP contribution >= 0.6 is 0 Å². The monoisotopic (exact) mass is 386 g/mol. The second-order valence-corrected chi connectivity index (χ2v) is 6.33. The number of ether oxygens (including phenoxy) is 2. The third-order valence-electron chi connectivity index (χ3n) is 4.30. The second kappa shape index (κ2) is 10.3. The molecule has 2 rings (SSSR count). The average Bonchev–Trinajstić information content (AvgIpc) is 2.70. The number of carbonyl (C=O) groups excluding carboxylic acids is 1. The Kier molecular flexibility index (Phi) is 7.80. The van der Waals surface area contributed by atoms with Crippen molar-refractivity contribution in [3.63, 3.8) is 0 Å². The van der Waals surface area contributed by atoms with Gasteiger partial charge in [-0.25, -0.2) is 0 Å². The molecular formula is C21H26N2O5. The lowest BCUT2D eigenvalue weighted by atomic mass is 10.1. The zero-order valence-corrected chi connectivity index (χ0v) is 16.4. The van der Waals surface area contributed by atoms with Gasteiger partial charge < -0.3 is 19.5 Å². The molecule has 150 valence electrons. The smallest absolute Gasteiger partial charge is 0.323 e. The Morgan fingerprint density at radius 2 is 1.96 bits per heavy atom. The molecular weight excluding hydrogens is 360 g/mol. The minimum atomic E-state index is -1.05. The maximum absolute atomic E-state index is 12.9. The lowest BCUT2D eigenvalue weighted by molar-refractivity contribution is -0.138. The van der Waals surface area contributed by atoms with Gasteiger partial charge in [-0.15, -0.1) is 0 Å². The standard InChI is InChI=1S/C21H26N2O5/c1-4-15(3)23(13-20(24)25)21(26)17-8-9-18(19(11-17)27-5-2)28-14-16-7-6-10-22-12-16/h6-12,15H,4-5,13-14H2,1-3H3,(H,24,25). The molecule has 2 aromatic rings. The van der Waals surface area contributed by atoms with E-state index in [1.54, 1.807) is 30.6 Å². The fourth-order valence-electron chi connectivity index (χ4n) is 2.63. The Balaban J connectivity index is 2.24. The molecule has 0 aliphatic rings. The number of carbonyl (C=O) groups is 2. The molecule has 0 fully saturated rings. The lowest BCUT2D eigenvalue weighted by Crippen LogP contribution is -2.41. The van der Waals surface area contributed by atoms with Crippen molar-refractivity contribution < 1.29 is 24.2 Å². The van der Waals surface area contributed by atoms with Crippen molar-refractivity contribution in [1.29, 1.82) is 0 Å². The predicted octanol–water partition coefficient (Wildman–Crippen LogP) is 3.38. The van der Waals surface area contributed by atoms with Gasteiger partial charge >= 0.3 is 5.97 Å². The summed E-state index contributed by atoms with van der Waals surface area (Å²) in [5.41, 5.74) is 1.27. The van der Waals surface area contributed by atoms with Crippen molar-refractivity contribution in [2.75, 3.05) is 13.2 Å². The maximum Gasteiger partial charge on any atom is 0.323 e. The third kappa shape index (κ3) is 5.70. The van der Waals surface area contributed by atoms with E-state index in [-0.39, 0.29) is 18.5 Å². The highest BCUT2D eigenvalue weighted by atomic mass is 16.5. The maximum atomic E-state index is 12.9. The summed E-state index contributed by atoms with van der Waals surface area (Å²) in [6.45, 7) is 5.96. The molecule has 7 heteroatoms. The minimum absolute atomic E-state index is 0.194. The van der Waals surface area contributed by atoms with Crippen molar-refractivity contribution in [1.82, 2.24) is 9.88 Å². The summed E-state index contributed by atoms with van der Waals surface area (Å²) in [6.07, 6.45) is 4.06. The first-order valence-corrected chi connectivity index (χ1v) is 9.27. The fraction of sp³-hybridized carbons (Fsp3) is 0.381. The van der Waals surface area contributed by atoms with Crippen molar-refractivity contribution in [2.24, 2.45) is 0 Å². The predicted molar refractivity (Wildman–Crippen MR) is 105 cm³/mol. The summed E-state index contributed by atoms with van der Waals surface area (Å²) in [6, 6.07) is 8.43. The molecule has 0 aliphatic carbocycles. The van der Waals surface area contributed by atoms with Gasteiger partial charge in [-0.3, -0.25) is 14.6 Å². The molecule has 1 N–H and O–H groups in total. The van der Waals surface area contributed by atoms with Gasteiger partial charge in [-0.05, 0) is 44.5 Å². The summed E-state index contributed by atoms with van der Waals surface area (Å²) < 4.78 is 11.5. The Labute approximate surface area is 164 Å². The lowest BCUT2D eigenvalue weighted by Gasteiger charge is -2.27. The van der Waals surface area contributed by atoms with Crippen LogP contribution in [-0.2, 0) is 11.4 Å². The number of carboxylic acids is 1. The first-order valence-electron chi connectivity index (χ1n) is 9.27. The first kappa shape index (κ1) is 21.2. The zero-order chi connectivity index (χ0) is 20.5. The van der Waals surface area contributed by atoms with Crippen LogP contribution in [0.1, 0.15) is 43.1 Å². The van der Waals surface area contributed by atoms with E-state index in [1.807, 2.05) is 32.9 Å². The molecule has 1 unspecified atom stereocenters. The number of nitrogens with zero attached hydrogens (tertiary/aromatic N) is 2. The summed E-state index contributed by atoms with van der Waals surface area (Å²) >= 11 is 0. The number of hydrogen-bond donors (Lipinski definition) is 1. The quantitative estimate of drug-likeness (QED) is 0.673. The summed E-state index contributed by atoms with van der Waals surface area (Å²) in [7, 11) is 0. The Morgan fingerprint density at radius 3 is 2.57 bits per heavy atom. The molecule has 0 radical (unpaired) electrons. The highest BCUT2D eigenvalue weighted by Gasteiger charge is 2.24. The van der Waals surface area contributed by atoms with E-state index >= 15 is 0 Å². The number of rotatable bonds is 10. The van der Waals surface area contributed by atoms with E-state index in [0.717, 1.165) is 5.56 Å². The highest BCUT2D eigenvalue weighted by molar-refractivity contribution is 5.96. The summed E-state index contributed by atoms with van der Waals surface area (Å²) in [5, 5.41) is 9.14. The fourth-order valence-corrected chi connectivity index (χ4v) is 2.63. The second-order valence-electron chi connectivity index (χ2n) is 6.33. The SMILES string of the molecule is CCOc1cc(C(=O)N(CC(=O)O)C(C)CC)ccc1OCc1cccnc1. The van der Waals surface area contributed by atoms with E-state index in [9.17, 15) is 9.59 Å². The van der Waals surface area contributed by atoms with Crippen LogP contribution < -0.4 is 9.47 Å². The molecule has 0 bridgehead atoms. The van der Waals surface area contributed by atoms with Gasteiger partial charge in [0.15, 0.2) is 11.5 Å². The van der Waals surface area contributed by atoms with Gasteiger partial charge in [0.1, 0.15) is 13.2 Å². The Hall–Kier alpha value is -3.09. The zero-order valence-electron chi connectivity index (χ0n) is 16.4. The summed E-state index contributed by atoms with van der Waals surface area (Å²) in [5.74, 6) is -0.445. The molecule has 1 aromatic carbocycles. The molecule has 0 saturated heterocycles. The van der Waals surface area contributed by atoms with Crippen molar-refractivity contribution in [3.8, 4) is 11.5 Å². The molecule has 0 saturated carbocycles. The van der Waals surface area contributed by atoms with E-state index in [4.69, 9.17) is 14.6 Å². The van der Waals surface area contributed by atoms with E-state index in [2.05, 4.69) is 4.98 Å². The van der Waals surface area contributed by atoms with Crippen LogP contribution in [0.5, 0.6) is 11.5 Å². The number of amides is 1. The average molecular weight is 386 g/mol. The van der Waals surface area contributed by atoms with Crippen LogP contribution in [0.25, 0.3) is 0 Å². The third-order valence-corrected chi connectivity index (χ3v) is 4.30. The molecule has 0 spiro atoms. The summed E-state index contributed by atoms with van der Waals surface area (Å²) in [4.78, 5) is 29.5. The molecule has 28 heavy (non-hydrogen) atoms. The first-order chi connectivity index (χ1) is 13.5. The van der Waals surface area contributed by atoms with Crippen molar-refractivity contribution >= 4 is 11.9 Å². The van der Waals surface area contributed by atoms with Crippen molar-refractivity contribution in [3.05, 3.63) is 53.9 Å². The number of hydrogen-bond acceptors (Lipinski definition) is 5. The topological polar surface area (TPSA) is 89.0 Å². The number of aromatic nitrogens is 1. The van der Waals surface area contributed by atoms with Crippen molar-refractivity contribution in [2.45, 2.75) is 39.8 Å².